The normalized spacial score (nSPS) is 10.2. The van der Waals surface area contributed by atoms with Crippen molar-refractivity contribution >= 4 is 54.9 Å². The highest BCUT2D eigenvalue weighted by atomic mass is 79.9. The van der Waals surface area contributed by atoms with Crippen LogP contribution in [0.1, 0.15) is 10.4 Å². The van der Waals surface area contributed by atoms with Crippen LogP contribution < -0.4 is 11.1 Å². The minimum absolute atomic E-state index is 0.0962. The Balaban J connectivity index is 2.31. The molecule has 6 heteroatoms. The lowest BCUT2D eigenvalue weighted by Gasteiger charge is -2.10. The molecule has 2 aromatic rings. The molecule has 0 aliphatic heterocycles. The van der Waals surface area contributed by atoms with Gasteiger partial charge in [-0.2, -0.15) is 0 Å². The quantitative estimate of drug-likeness (QED) is 0.691. The molecule has 0 bridgehead atoms. The largest absolute Gasteiger partial charge is 0.478 e. The van der Waals surface area contributed by atoms with Crippen molar-refractivity contribution in [1.82, 2.24) is 0 Å². The zero-order chi connectivity index (χ0) is 14.0. The zero-order valence-corrected chi connectivity index (χ0v) is 12.8. The molecule has 0 heterocycles. The summed E-state index contributed by atoms with van der Waals surface area (Å²) in [5.41, 5.74) is 7.61. The second-order valence-corrected chi connectivity index (χ2v) is 5.63. The fraction of sp³-hybridized carbons (Fsp3) is 0. The number of hydrogen-bond donors (Lipinski definition) is 3. The lowest BCUT2D eigenvalue weighted by molar-refractivity contribution is 0.0698. The van der Waals surface area contributed by atoms with Gasteiger partial charge < -0.3 is 16.2 Å². The number of anilines is 3. The fourth-order valence-corrected chi connectivity index (χ4v) is 2.29. The van der Waals surface area contributed by atoms with E-state index in [1.165, 1.54) is 6.07 Å². The highest BCUT2D eigenvalue weighted by Gasteiger charge is 2.08. The van der Waals surface area contributed by atoms with E-state index in [1.54, 1.807) is 12.1 Å². The average molecular weight is 386 g/mol. The van der Waals surface area contributed by atoms with Gasteiger partial charge in [-0.15, -0.1) is 0 Å². The molecule has 0 aliphatic carbocycles. The number of carboxylic acid groups (broad SMARTS) is 1. The molecular formula is C13H10Br2N2O2. The molecule has 2 rings (SSSR count). The second kappa shape index (κ2) is 5.63. The number of aromatic carboxylic acids is 1. The Labute approximate surface area is 126 Å². The van der Waals surface area contributed by atoms with Crippen LogP contribution in [0, 0.1) is 0 Å². The Morgan fingerprint density at radius 1 is 1.16 bits per heavy atom. The van der Waals surface area contributed by atoms with Gasteiger partial charge in [-0.1, -0.05) is 15.9 Å². The van der Waals surface area contributed by atoms with Crippen LogP contribution in [0.4, 0.5) is 17.1 Å². The monoisotopic (exact) mass is 384 g/mol. The molecule has 0 spiro atoms. The average Bonchev–Trinajstić information content (AvgIpc) is 2.33. The molecule has 0 aromatic heterocycles. The zero-order valence-electron chi connectivity index (χ0n) is 9.65. The highest BCUT2D eigenvalue weighted by molar-refractivity contribution is 9.11. The third kappa shape index (κ3) is 3.27. The van der Waals surface area contributed by atoms with Gasteiger partial charge in [0.2, 0.25) is 0 Å². The summed E-state index contributed by atoms with van der Waals surface area (Å²) in [6, 6.07) is 10.5. The van der Waals surface area contributed by atoms with E-state index in [1.807, 2.05) is 18.2 Å². The number of nitrogens with two attached hydrogens (primary N) is 1. The molecule has 0 radical (unpaired) electrons. The maximum Gasteiger partial charge on any atom is 0.337 e. The Hall–Kier alpha value is -1.53. The maximum absolute atomic E-state index is 10.9. The first-order valence-electron chi connectivity index (χ1n) is 5.32. The smallest absolute Gasteiger partial charge is 0.337 e. The lowest BCUT2D eigenvalue weighted by Crippen LogP contribution is -2.03. The molecule has 4 N–H and O–H groups in total. The number of carbonyl (C=O) groups is 1. The van der Waals surface area contributed by atoms with E-state index in [2.05, 4.69) is 37.2 Å². The van der Waals surface area contributed by atoms with Gasteiger partial charge in [-0.05, 0) is 52.3 Å². The van der Waals surface area contributed by atoms with Crippen molar-refractivity contribution in [3.8, 4) is 0 Å². The molecule has 19 heavy (non-hydrogen) atoms. The predicted molar refractivity (Wildman–Crippen MR) is 82.9 cm³/mol. The fourth-order valence-electron chi connectivity index (χ4n) is 1.58. The number of carboxylic acids is 1. The van der Waals surface area contributed by atoms with E-state index < -0.39 is 5.97 Å². The molecule has 0 aliphatic rings. The van der Waals surface area contributed by atoms with E-state index in [9.17, 15) is 4.79 Å². The van der Waals surface area contributed by atoms with Gasteiger partial charge in [0, 0.05) is 20.3 Å². The van der Waals surface area contributed by atoms with Gasteiger partial charge in [0.25, 0.3) is 0 Å². The van der Waals surface area contributed by atoms with Crippen molar-refractivity contribution in [3.63, 3.8) is 0 Å². The van der Waals surface area contributed by atoms with Crippen molar-refractivity contribution in [2.24, 2.45) is 0 Å². The van der Waals surface area contributed by atoms with Gasteiger partial charge >= 0.3 is 5.97 Å². The summed E-state index contributed by atoms with van der Waals surface area (Å²) in [5, 5.41) is 12.1. The van der Waals surface area contributed by atoms with Crippen molar-refractivity contribution < 1.29 is 9.90 Å². The maximum atomic E-state index is 10.9. The van der Waals surface area contributed by atoms with E-state index in [4.69, 9.17) is 10.8 Å². The standard InChI is InChI=1S/C13H10Br2N2O2/c14-7-1-4-10(15)12(5-7)17-8-2-3-9(13(18)19)11(16)6-8/h1-6,17H,16H2,(H,18,19). The second-order valence-electron chi connectivity index (χ2n) is 3.86. The molecule has 0 saturated heterocycles. The topological polar surface area (TPSA) is 75.3 Å². The van der Waals surface area contributed by atoms with Crippen LogP contribution in [0.25, 0.3) is 0 Å². The Bertz CT molecular complexity index is 645. The first-order chi connectivity index (χ1) is 8.97. The third-order valence-electron chi connectivity index (χ3n) is 2.49. The molecule has 4 nitrogen and oxygen atoms in total. The van der Waals surface area contributed by atoms with E-state index in [-0.39, 0.29) is 11.3 Å². The first-order valence-corrected chi connectivity index (χ1v) is 6.91. The van der Waals surface area contributed by atoms with Crippen LogP contribution in [-0.2, 0) is 0 Å². The van der Waals surface area contributed by atoms with Gasteiger partial charge in [0.05, 0.1) is 11.3 Å². The van der Waals surface area contributed by atoms with Crippen LogP contribution >= 0.6 is 31.9 Å². The predicted octanol–water partition coefficient (Wildman–Crippen LogP) is 4.24. The molecule has 0 atom stereocenters. The summed E-state index contributed by atoms with van der Waals surface area (Å²) < 4.78 is 1.84. The van der Waals surface area contributed by atoms with Gasteiger partial charge in [-0.3, -0.25) is 0 Å². The molecular weight excluding hydrogens is 376 g/mol. The Kier molecular flexibility index (Phi) is 4.11. The third-order valence-corrected chi connectivity index (χ3v) is 3.67. The molecule has 0 fully saturated rings. The van der Waals surface area contributed by atoms with E-state index in [0.717, 1.165) is 20.3 Å². The Morgan fingerprint density at radius 2 is 1.89 bits per heavy atom. The number of hydrogen-bond acceptors (Lipinski definition) is 3. The minimum atomic E-state index is -1.03. The summed E-state index contributed by atoms with van der Waals surface area (Å²) in [4.78, 5) is 10.9. The summed E-state index contributed by atoms with van der Waals surface area (Å²) in [5.74, 6) is -1.03. The van der Waals surface area contributed by atoms with Crippen molar-refractivity contribution in [3.05, 3.63) is 50.9 Å². The van der Waals surface area contributed by atoms with Crippen LogP contribution in [0.2, 0.25) is 0 Å². The highest BCUT2D eigenvalue weighted by Crippen LogP contribution is 2.30. The number of nitrogens with one attached hydrogen (secondary N) is 1. The molecule has 98 valence electrons. The van der Waals surface area contributed by atoms with Crippen molar-refractivity contribution in [2.45, 2.75) is 0 Å². The summed E-state index contributed by atoms with van der Waals surface area (Å²) in [7, 11) is 0. The van der Waals surface area contributed by atoms with Crippen molar-refractivity contribution in [1.29, 1.82) is 0 Å². The summed E-state index contributed by atoms with van der Waals surface area (Å²) >= 11 is 6.83. The molecule has 0 unspecified atom stereocenters. The van der Waals surface area contributed by atoms with Crippen LogP contribution in [0.5, 0.6) is 0 Å². The van der Waals surface area contributed by atoms with Crippen molar-refractivity contribution in [2.75, 3.05) is 11.1 Å². The van der Waals surface area contributed by atoms with Gasteiger partial charge in [-0.25, -0.2) is 4.79 Å². The number of halogens is 2. The van der Waals surface area contributed by atoms with Gasteiger partial charge in [0.15, 0.2) is 0 Å². The van der Waals surface area contributed by atoms with Crippen LogP contribution in [-0.4, -0.2) is 11.1 Å². The first kappa shape index (κ1) is 13.9. The van der Waals surface area contributed by atoms with Gasteiger partial charge in [0.1, 0.15) is 0 Å². The number of benzene rings is 2. The van der Waals surface area contributed by atoms with E-state index >= 15 is 0 Å². The van der Waals surface area contributed by atoms with E-state index in [0.29, 0.717) is 0 Å². The number of rotatable bonds is 3. The molecule has 2 aromatic carbocycles. The Morgan fingerprint density at radius 3 is 2.53 bits per heavy atom. The molecule has 0 saturated carbocycles. The SMILES string of the molecule is Nc1cc(Nc2cc(Br)ccc2Br)ccc1C(=O)O. The summed E-state index contributed by atoms with van der Waals surface area (Å²) in [6.45, 7) is 0. The van der Waals surface area contributed by atoms with Crippen LogP contribution in [0.15, 0.2) is 45.3 Å². The molecule has 0 amide bonds. The summed E-state index contributed by atoms with van der Waals surface area (Å²) in [6.07, 6.45) is 0. The number of nitrogen functional groups attached to an aromatic ring is 1. The van der Waals surface area contributed by atoms with Crippen LogP contribution in [0.3, 0.4) is 0 Å². The lowest BCUT2D eigenvalue weighted by atomic mass is 10.1. The minimum Gasteiger partial charge on any atom is -0.478 e.